The van der Waals surface area contributed by atoms with E-state index in [1.807, 2.05) is 12.1 Å². The molecule has 0 atom stereocenters. The lowest BCUT2D eigenvalue weighted by Crippen LogP contribution is -2.16. The molecule has 0 saturated heterocycles. The van der Waals surface area contributed by atoms with Crippen molar-refractivity contribution in [2.75, 3.05) is 6.61 Å². The number of aliphatic imine (C=N–C) groups is 1. The van der Waals surface area contributed by atoms with Crippen LogP contribution in [0.5, 0.6) is 11.8 Å². The second-order valence-electron chi connectivity index (χ2n) is 5.47. The van der Waals surface area contributed by atoms with Gasteiger partial charge in [0, 0.05) is 18.5 Å². The summed E-state index contributed by atoms with van der Waals surface area (Å²) in [5, 5.41) is 3.53. The molecule has 0 radical (unpaired) electrons. The van der Waals surface area contributed by atoms with Crippen LogP contribution in [-0.4, -0.2) is 40.1 Å². The first-order valence-corrected chi connectivity index (χ1v) is 8.20. The highest BCUT2D eigenvalue weighted by Gasteiger charge is 2.10. The maximum Gasteiger partial charge on any atom is 0.387 e. The zero-order valence-electron chi connectivity index (χ0n) is 14.8. The third-order valence-electron chi connectivity index (χ3n) is 3.52. The normalized spacial score (nSPS) is 11.9. The Morgan fingerprint density at radius 1 is 1.28 bits per heavy atom. The summed E-state index contributed by atoms with van der Waals surface area (Å²) in [6, 6.07) is 8.76. The quantitative estimate of drug-likeness (QED) is 0.340. The molecule has 0 fully saturated rings. The van der Waals surface area contributed by atoms with Crippen molar-refractivity contribution in [1.82, 2.24) is 15.0 Å². The van der Waals surface area contributed by atoms with Gasteiger partial charge in [-0.1, -0.05) is 0 Å². The van der Waals surface area contributed by atoms with Gasteiger partial charge >= 0.3 is 12.6 Å². The molecule has 0 saturated carbocycles. The average molecular weight is 404 g/mol. The molecule has 8 nitrogen and oxygen atoms in total. The number of rotatable bonds is 8. The van der Waals surface area contributed by atoms with Crippen LogP contribution in [0.25, 0.3) is 11.4 Å². The second kappa shape index (κ2) is 9.35. The number of hydrogen-bond acceptors (Lipinski definition) is 7. The molecule has 0 bridgehead atoms. The molecule has 1 aromatic carbocycles. The highest BCUT2D eigenvalue weighted by molar-refractivity contribution is 6.31. The summed E-state index contributed by atoms with van der Waals surface area (Å²) in [4.78, 5) is 15.3. The Kier molecular flexibility index (Phi) is 6.40. The van der Waals surface area contributed by atoms with E-state index in [0.29, 0.717) is 5.69 Å². The van der Waals surface area contributed by atoms with Crippen molar-refractivity contribution >= 4 is 17.6 Å². The van der Waals surface area contributed by atoms with E-state index in [0.717, 1.165) is 17.8 Å². The molecular formula is C18H15F3N6O2. The summed E-state index contributed by atoms with van der Waals surface area (Å²) >= 11 is 0. The molecule has 3 rings (SSSR count). The Balaban J connectivity index is 1.65. The van der Waals surface area contributed by atoms with Crippen molar-refractivity contribution < 1.29 is 22.6 Å². The third-order valence-corrected chi connectivity index (χ3v) is 3.52. The van der Waals surface area contributed by atoms with Crippen LogP contribution in [0.3, 0.4) is 0 Å². The fraction of sp³-hybridized carbons (Fsp3) is 0.111. The Hall–Kier alpha value is -3.89. The molecule has 0 aliphatic rings. The van der Waals surface area contributed by atoms with Crippen LogP contribution in [-0.2, 0) is 0 Å². The maximum absolute atomic E-state index is 13.4. The summed E-state index contributed by atoms with van der Waals surface area (Å²) < 4.78 is 47.6. The van der Waals surface area contributed by atoms with E-state index in [2.05, 4.69) is 29.8 Å². The number of aromatic amines is 1. The first-order chi connectivity index (χ1) is 14.0. The number of hydrogen-bond donors (Lipinski definition) is 2. The predicted octanol–water partition coefficient (Wildman–Crippen LogP) is 3.31. The SMILES string of the molecule is NN=C(C=Nc1ccc(F)c(OC(F)F)c1)COc1nccc(-c2ccc[nH]2)n1. The van der Waals surface area contributed by atoms with Crippen LogP contribution >= 0.6 is 0 Å². The standard InChI is InChI=1S/C18H15F3N6O2/c19-13-4-3-11(8-16(13)29-17(20)21)25-9-12(27-22)10-28-18-24-7-5-15(26-18)14-2-1-6-23-14/h1-9,17,23H,10,22H2. The average Bonchev–Trinajstić information content (AvgIpc) is 3.25. The molecule has 2 heterocycles. The van der Waals surface area contributed by atoms with E-state index in [1.165, 1.54) is 18.5 Å². The number of aromatic nitrogens is 3. The highest BCUT2D eigenvalue weighted by atomic mass is 19.3. The number of nitrogens with one attached hydrogen (secondary N) is 1. The van der Waals surface area contributed by atoms with Gasteiger partial charge in [-0.25, -0.2) is 9.37 Å². The minimum absolute atomic E-state index is 0.0982. The van der Waals surface area contributed by atoms with Crippen molar-refractivity contribution in [3.63, 3.8) is 0 Å². The van der Waals surface area contributed by atoms with Crippen molar-refractivity contribution in [2.45, 2.75) is 6.61 Å². The van der Waals surface area contributed by atoms with Gasteiger partial charge in [-0.3, -0.25) is 4.99 Å². The molecule has 0 amide bonds. The monoisotopic (exact) mass is 404 g/mol. The van der Waals surface area contributed by atoms with Crippen LogP contribution in [0.4, 0.5) is 18.9 Å². The second-order valence-corrected chi connectivity index (χ2v) is 5.47. The summed E-state index contributed by atoms with van der Waals surface area (Å²) in [5.74, 6) is 3.77. The van der Waals surface area contributed by atoms with E-state index >= 15 is 0 Å². The van der Waals surface area contributed by atoms with Crippen molar-refractivity contribution in [2.24, 2.45) is 15.9 Å². The van der Waals surface area contributed by atoms with Crippen LogP contribution in [0.15, 0.2) is 58.9 Å². The molecule has 2 aromatic heterocycles. The molecule has 150 valence electrons. The fourth-order valence-electron chi connectivity index (χ4n) is 2.20. The lowest BCUT2D eigenvalue weighted by Gasteiger charge is -2.06. The summed E-state index contributed by atoms with van der Waals surface area (Å²) in [5.41, 5.74) is 1.80. The predicted molar refractivity (Wildman–Crippen MR) is 100 cm³/mol. The number of hydrazone groups is 1. The summed E-state index contributed by atoms with van der Waals surface area (Å²) in [6.07, 6.45) is 4.55. The van der Waals surface area contributed by atoms with Gasteiger partial charge < -0.3 is 20.3 Å². The molecule has 29 heavy (non-hydrogen) atoms. The lowest BCUT2D eigenvalue weighted by atomic mass is 10.3. The van der Waals surface area contributed by atoms with Gasteiger partial charge in [-0.15, -0.1) is 0 Å². The van der Waals surface area contributed by atoms with Crippen LogP contribution in [0, 0.1) is 5.82 Å². The minimum atomic E-state index is -3.15. The van der Waals surface area contributed by atoms with E-state index in [-0.39, 0.29) is 24.0 Å². The molecule has 0 spiro atoms. The van der Waals surface area contributed by atoms with Gasteiger partial charge in [-0.05, 0) is 30.3 Å². The van der Waals surface area contributed by atoms with Crippen molar-refractivity contribution in [3.05, 3.63) is 54.6 Å². The Morgan fingerprint density at radius 2 is 2.14 bits per heavy atom. The first-order valence-electron chi connectivity index (χ1n) is 8.20. The number of nitrogens with zero attached hydrogens (tertiary/aromatic N) is 4. The van der Waals surface area contributed by atoms with Gasteiger partial charge in [0.15, 0.2) is 11.6 Å². The maximum atomic E-state index is 13.4. The number of nitrogens with two attached hydrogens (primary N) is 1. The van der Waals surface area contributed by atoms with Crippen LogP contribution in [0.2, 0.25) is 0 Å². The van der Waals surface area contributed by atoms with Gasteiger partial charge in [0.05, 0.1) is 23.3 Å². The zero-order valence-corrected chi connectivity index (χ0v) is 14.8. The molecular weight excluding hydrogens is 389 g/mol. The molecule has 3 N–H and O–H groups in total. The largest absolute Gasteiger partial charge is 0.457 e. The Bertz CT molecular complexity index is 1010. The Labute approximate surface area is 162 Å². The van der Waals surface area contributed by atoms with Gasteiger partial charge in [0.1, 0.15) is 12.3 Å². The lowest BCUT2D eigenvalue weighted by molar-refractivity contribution is -0.0521. The number of halogens is 3. The number of benzene rings is 1. The van der Waals surface area contributed by atoms with Gasteiger partial charge in [-0.2, -0.15) is 18.9 Å². The fourth-order valence-corrected chi connectivity index (χ4v) is 2.20. The molecule has 3 aromatic rings. The molecule has 11 heteroatoms. The number of ether oxygens (including phenoxy) is 2. The van der Waals surface area contributed by atoms with E-state index in [4.69, 9.17) is 10.6 Å². The Morgan fingerprint density at radius 3 is 2.86 bits per heavy atom. The smallest absolute Gasteiger partial charge is 0.387 e. The number of alkyl halides is 2. The van der Waals surface area contributed by atoms with Crippen molar-refractivity contribution in [1.29, 1.82) is 0 Å². The summed E-state index contributed by atoms with van der Waals surface area (Å²) in [6.45, 7) is -3.25. The van der Waals surface area contributed by atoms with Crippen LogP contribution < -0.4 is 15.3 Å². The molecule has 0 aliphatic heterocycles. The zero-order chi connectivity index (χ0) is 20.6. The third kappa shape index (κ3) is 5.54. The van der Waals surface area contributed by atoms with Crippen LogP contribution in [0.1, 0.15) is 0 Å². The van der Waals surface area contributed by atoms with E-state index in [1.54, 1.807) is 12.3 Å². The van der Waals surface area contributed by atoms with Crippen molar-refractivity contribution in [3.8, 4) is 23.1 Å². The summed E-state index contributed by atoms with van der Waals surface area (Å²) in [7, 11) is 0. The van der Waals surface area contributed by atoms with E-state index < -0.39 is 18.2 Å². The molecule has 0 aliphatic carbocycles. The first kappa shape index (κ1) is 19.9. The number of H-pyrrole nitrogens is 1. The van der Waals surface area contributed by atoms with Gasteiger partial charge in [0.2, 0.25) is 0 Å². The highest BCUT2D eigenvalue weighted by Crippen LogP contribution is 2.25. The topological polar surface area (TPSA) is 111 Å². The minimum Gasteiger partial charge on any atom is -0.457 e. The van der Waals surface area contributed by atoms with E-state index in [9.17, 15) is 13.2 Å². The molecule has 0 unspecified atom stereocenters. The van der Waals surface area contributed by atoms with Gasteiger partial charge in [0.25, 0.3) is 0 Å².